The van der Waals surface area contributed by atoms with E-state index < -0.39 is 21.6 Å². The number of hydrogen-bond acceptors (Lipinski definition) is 5. The van der Waals surface area contributed by atoms with E-state index in [-0.39, 0.29) is 17.1 Å². The van der Waals surface area contributed by atoms with E-state index in [1.807, 2.05) is 0 Å². The monoisotopic (exact) mass is 301 g/mol. The Balaban J connectivity index is 3.25. The minimum Gasteiger partial charge on any atom is -0.456 e. The molecule has 0 saturated carbocycles. The van der Waals surface area contributed by atoms with Gasteiger partial charge in [0.2, 0.25) is 10.0 Å². The quantitative estimate of drug-likeness (QED) is 0.849. The number of rotatable bonds is 4. The number of carbonyl (C=O) groups is 1. The van der Waals surface area contributed by atoms with E-state index in [0.29, 0.717) is 5.56 Å². The van der Waals surface area contributed by atoms with Crippen LogP contribution in [-0.4, -0.2) is 27.1 Å². The number of carbonyl (C=O) groups excluding carboxylic acids is 1. The number of primary sulfonamides is 1. The summed E-state index contributed by atoms with van der Waals surface area (Å²) in [5, 5.41) is 5.10. The van der Waals surface area contributed by atoms with E-state index in [9.17, 15) is 13.2 Å². The molecule has 0 radical (unpaired) electrons. The average Bonchev–Trinajstić information content (AvgIpc) is 2.25. The Morgan fingerprint density at radius 3 is 2.30 bits per heavy atom. The predicted octanol–water partition coefficient (Wildman–Crippen LogP) is 1.44. The molecule has 0 fully saturated rings. The van der Waals surface area contributed by atoms with Crippen molar-refractivity contribution in [2.24, 2.45) is 5.14 Å². The highest BCUT2D eigenvalue weighted by Gasteiger charge is 2.20. The van der Waals surface area contributed by atoms with Crippen molar-refractivity contribution in [3.8, 4) is 0 Å². The third kappa shape index (κ3) is 4.92. The summed E-state index contributed by atoms with van der Waals surface area (Å²) in [7, 11) is -2.44. The van der Waals surface area contributed by atoms with Gasteiger partial charge in [-0.05, 0) is 44.5 Å². The molecule has 0 spiro atoms. The van der Waals surface area contributed by atoms with Crippen molar-refractivity contribution in [2.45, 2.75) is 37.9 Å². The third-order valence-electron chi connectivity index (χ3n) is 2.24. The molecule has 112 valence electrons. The predicted molar refractivity (Wildman–Crippen MR) is 73.7 cm³/mol. The normalized spacial score (nSPS) is 12.2. The first kappa shape index (κ1) is 16.6. The lowest BCUT2D eigenvalue weighted by molar-refractivity contribution is 0.00690. The molecule has 1 aromatic carbocycles. The second-order valence-electron chi connectivity index (χ2n) is 5.35. The van der Waals surface area contributed by atoms with Gasteiger partial charge in [0.1, 0.15) is 5.60 Å². The summed E-state index contributed by atoms with van der Waals surface area (Å²) in [6, 6.07) is 4.08. The molecular formula is C13H19NO5S. The SMILES string of the molecule is COCc1cc(C(=O)OC(C)(C)C)cc(S(N)(=O)=O)c1. The largest absolute Gasteiger partial charge is 0.456 e. The summed E-state index contributed by atoms with van der Waals surface area (Å²) in [5.74, 6) is -0.611. The number of esters is 1. The zero-order valence-electron chi connectivity index (χ0n) is 12.0. The molecule has 0 atom stereocenters. The van der Waals surface area contributed by atoms with Crippen LogP contribution >= 0.6 is 0 Å². The smallest absolute Gasteiger partial charge is 0.338 e. The van der Waals surface area contributed by atoms with Crippen molar-refractivity contribution in [3.05, 3.63) is 29.3 Å². The van der Waals surface area contributed by atoms with E-state index in [2.05, 4.69) is 0 Å². The summed E-state index contributed by atoms with van der Waals surface area (Å²) >= 11 is 0. The maximum Gasteiger partial charge on any atom is 0.338 e. The van der Waals surface area contributed by atoms with Crippen molar-refractivity contribution in [2.75, 3.05) is 7.11 Å². The molecule has 0 heterocycles. The molecule has 7 heteroatoms. The van der Waals surface area contributed by atoms with E-state index in [1.54, 1.807) is 20.8 Å². The molecular weight excluding hydrogens is 282 g/mol. The van der Waals surface area contributed by atoms with Crippen LogP contribution in [0.1, 0.15) is 36.7 Å². The number of sulfonamides is 1. The topological polar surface area (TPSA) is 95.7 Å². The Bertz CT molecular complexity index is 602. The Hall–Kier alpha value is -1.44. The fourth-order valence-electron chi connectivity index (χ4n) is 1.53. The molecule has 2 N–H and O–H groups in total. The fraction of sp³-hybridized carbons (Fsp3) is 0.462. The van der Waals surface area contributed by atoms with Crippen LogP contribution in [0.25, 0.3) is 0 Å². The van der Waals surface area contributed by atoms with Crippen LogP contribution in [0.4, 0.5) is 0 Å². The Kier molecular flexibility index (Phi) is 4.90. The summed E-state index contributed by atoms with van der Waals surface area (Å²) in [5.41, 5.74) is -0.0193. The van der Waals surface area contributed by atoms with Gasteiger partial charge >= 0.3 is 5.97 Å². The summed E-state index contributed by atoms with van der Waals surface area (Å²) in [6.45, 7) is 5.35. The van der Waals surface area contributed by atoms with Gasteiger partial charge in [0, 0.05) is 7.11 Å². The number of benzene rings is 1. The van der Waals surface area contributed by atoms with Crippen molar-refractivity contribution in [1.82, 2.24) is 0 Å². The van der Waals surface area contributed by atoms with Crippen LogP contribution in [-0.2, 0) is 26.1 Å². The zero-order chi connectivity index (χ0) is 15.6. The molecule has 6 nitrogen and oxygen atoms in total. The standard InChI is InChI=1S/C13H19NO5S/c1-13(2,3)19-12(15)10-5-9(8-18-4)6-11(7-10)20(14,16)17/h5-7H,8H2,1-4H3,(H2,14,16,17). The average molecular weight is 301 g/mol. The van der Waals surface area contributed by atoms with Crippen LogP contribution in [0.2, 0.25) is 0 Å². The minimum atomic E-state index is -3.91. The van der Waals surface area contributed by atoms with E-state index in [1.165, 1.54) is 25.3 Å². The minimum absolute atomic E-state index is 0.124. The highest BCUT2D eigenvalue weighted by molar-refractivity contribution is 7.89. The van der Waals surface area contributed by atoms with E-state index in [4.69, 9.17) is 14.6 Å². The van der Waals surface area contributed by atoms with Gasteiger partial charge in [0.05, 0.1) is 17.1 Å². The zero-order valence-corrected chi connectivity index (χ0v) is 12.8. The second-order valence-corrected chi connectivity index (χ2v) is 6.91. The molecule has 20 heavy (non-hydrogen) atoms. The molecule has 0 saturated heterocycles. The van der Waals surface area contributed by atoms with Crippen molar-refractivity contribution in [3.63, 3.8) is 0 Å². The first-order valence-corrected chi connectivity index (χ1v) is 7.46. The maximum absolute atomic E-state index is 12.0. The Labute approximate surface area is 118 Å². The lowest BCUT2D eigenvalue weighted by atomic mass is 10.1. The van der Waals surface area contributed by atoms with Crippen molar-refractivity contribution < 1.29 is 22.7 Å². The van der Waals surface area contributed by atoms with Crippen molar-refractivity contribution in [1.29, 1.82) is 0 Å². The molecule has 0 aliphatic heterocycles. The highest BCUT2D eigenvalue weighted by Crippen LogP contribution is 2.18. The maximum atomic E-state index is 12.0. The number of hydrogen-bond donors (Lipinski definition) is 1. The molecule has 1 aromatic rings. The van der Waals surface area contributed by atoms with Crippen LogP contribution in [0.15, 0.2) is 23.1 Å². The number of methoxy groups -OCH3 is 1. The highest BCUT2D eigenvalue weighted by atomic mass is 32.2. The number of nitrogens with two attached hydrogens (primary N) is 1. The number of ether oxygens (including phenoxy) is 2. The lowest BCUT2D eigenvalue weighted by Gasteiger charge is -2.20. The van der Waals surface area contributed by atoms with Crippen LogP contribution in [0.3, 0.4) is 0 Å². The molecule has 0 unspecified atom stereocenters. The van der Waals surface area contributed by atoms with Gasteiger partial charge < -0.3 is 9.47 Å². The van der Waals surface area contributed by atoms with Gasteiger partial charge in [-0.3, -0.25) is 0 Å². The van der Waals surface area contributed by atoms with Crippen molar-refractivity contribution >= 4 is 16.0 Å². The van der Waals surface area contributed by atoms with Gasteiger partial charge in [-0.2, -0.15) is 0 Å². The van der Waals surface area contributed by atoms with Gasteiger partial charge in [-0.15, -0.1) is 0 Å². The van der Waals surface area contributed by atoms with Crippen LogP contribution < -0.4 is 5.14 Å². The molecule has 1 rings (SSSR count). The second kappa shape index (κ2) is 5.90. The summed E-state index contributed by atoms with van der Waals surface area (Å²) in [6.07, 6.45) is 0. The molecule has 0 aliphatic carbocycles. The lowest BCUT2D eigenvalue weighted by Crippen LogP contribution is -2.24. The van der Waals surface area contributed by atoms with Gasteiger partial charge in [0.25, 0.3) is 0 Å². The first-order valence-electron chi connectivity index (χ1n) is 5.92. The van der Waals surface area contributed by atoms with Crippen LogP contribution in [0.5, 0.6) is 0 Å². The third-order valence-corrected chi connectivity index (χ3v) is 3.13. The van der Waals surface area contributed by atoms with E-state index >= 15 is 0 Å². The Morgan fingerprint density at radius 2 is 1.85 bits per heavy atom. The molecule has 0 aliphatic rings. The summed E-state index contributed by atoms with van der Waals surface area (Å²) < 4.78 is 33.0. The molecule has 0 amide bonds. The Morgan fingerprint density at radius 1 is 1.25 bits per heavy atom. The fourth-order valence-corrected chi connectivity index (χ4v) is 2.14. The first-order chi connectivity index (χ1) is 9.03. The van der Waals surface area contributed by atoms with E-state index in [0.717, 1.165) is 0 Å². The van der Waals surface area contributed by atoms with Gasteiger partial charge in [-0.25, -0.2) is 18.4 Å². The molecule has 0 aromatic heterocycles. The van der Waals surface area contributed by atoms with Gasteiger partial charge in [0.15, 0.2) is 0 Å². The van der Waals surface area contributed by atoms with Crippen LogP contribution in [0, 0.1) is 0 Å². The summed E-state index contributed by atoms with van der Waals surface area (Å²) in [4.78, 5) is 11.9. The molecule has 0 bridgehead atoms. The van der Waals surface area contributed by atoms with Gasteiger partial charge in [-0.1, -0.05) is 0 Å².